The van der Waals surface area contributed by atoms with E-state index in [1.807, 2.05) is 111 Å². The van der Waals surface area contributed by atoms with Crippen LogP contribution in [0.15, 0.2) is 97.1 Å². The summed E-state index contributed by atoms with van der Waals surface area (Å²) in [6, 6.07) is 29.9. The number of imidazole rings is 2. The first-order valence-electron chi connectivity index (χ1n) is 14.3. The summed E-state index contributed by atoms with van der Waals surface area (Å²) in [5.41, 5.74) is 6.60. The lowest BCUT2D eigenvalue weighted by atomic mass is 10.1. The molecule has 2 heterocycles. The van der Waals surface area contributed by atoms with Gasteiger partial charge in [0.25, 0.3) is 0 Å². The lowest BCUT2D eigenvalue weighted by Gasteiger charge is -2.11. The number of nitrogens with zero attached hydrogens (tertiary/aromatic N) is 2. The number of nitrogens with one attached hydrogen (secondary N) is 4. The normalized spacial score (nSPS) is 12.3. The SMILES string of the molecule is CC(NC(=O)[CH]c1ccccc1)c1nc2cc(C#Cc3ccc4[nH]c([C@H](C)NC(=O)[CH]c5ccccc5)nc4c3)ccc2[nH]1. The molecule has 2 aromatic heterocycles. The summed E-state index contributed by atoms with van der Waals surface area (Å²) < 4.78 is 0. The van der Waals surface area contributed by atoms with Gasteiger partial charge in [-0.2, -0.15) is 0 Å². The van der Waals surface area contributed by atoms with Crippen LogP contribution in [0, 0.1) is 24.7 Å². The van der Waals surface area contributed by atoms with Crippen molar-refractivity contribution < 1.29 is 9.59 Å². The fourth-order valence-corrected chi connectivity index (χ4v) is 4.81. The molecular weight excluding hydrogens is 548 g/mol. The maximum atomic E-state index is 12.5. The fourth-order valence-electron chi connectivity index (χ4n) is 4.81. The quantitative estimate of drug-likeness (QED) is 0.174. The molecule has 4 N–H and O–H groups in total. The summed E-state index contributed by atoms with van der Waals surface area (Å²) in [5, 5.41) is 5.92. The van der Waals surface area contributed by atoms with Crippen LogP contribution in [0.5, 0.6) is 0 Å². The van der Waals surface area contributed by atoms with Crippen LogP contribution in [0.2, 0.25) is 0 Å². The maximum Gasteiger partial charge on any atom is 0.229 e. The third kappa shape index (κ3) is 6.85. The van der Waals surface area contributed by atoms with Gasteiger partial charge in [-0.1, -0.05) is 72.5 Å². The Morgan fingerprint density at radius 3 is 1.45 bits per heavy atom. The predicted molar refractivity (Wildman–Crippen MR) is 171 cm³/mol. The average Bonchev–Trinajstić information content (AvgIpc) is 3.65. The molecule has 2 atom stereocenters. The van der Waals surface area contributed by atoms with E-state index in [0.29, 0.717) is 11.6 Å². The third-order valence-corrected chi connectivity index (χ3v) is 7.09. The molecule has 0 spiro atoms. The van der Waals surface area contributed by atoms with Gasteiger partial charge in [-0.3, -0.25) is 9.59 Å². The van der Waals surface area contributed by atoms with Crippen molar-refractivity contribution in [2.45, 2.75) is 25.9 Å². The number of carbonyl (C=O) groups is 2. The van der Waals surface area contributed by atoms with Gasteiger partial charge in [-0.05, 0) is 61.4 Å². The molecule has 2 radical (unpaired) electrons. The van der Waals surface area contributed by atoms with E-state index in [1.54, 1.807) is 12.8 Å². The Kier molecular flexibility index (Phi) is 8.19. The Hall–Kier alpha value is -5.68. The summed E-state index contributed by atoms with van der Waals surface area (Å²) in [5.74, 6) is 7.41. The van der Waals surface area contributed by atoms with Crippen molar-refractivity contribution in [2.75, 3.05) is 0 Å². The van der Waals surface area contributed by atoms with Crippen LogP contribution < -0.4 is 10.6 Å². The molecule has 1 unspecified atom stereocenters. The first-order chi connectivity index (χ1) is 21.4. The lowest BCUT2D eigenvalue weighted by molar-refractivity contribution is -0.119. The minimum atomic E-state index is -0.298. The highest BCUT2D eigenvalue weighted by molar-refractivity contribution is 5.89. The molecule has 6 rings (SSSR count). The smallest absolute Gasteiger partial charge is 0.229 e. The van der Waals surface area contributed by atoms with E-state index in [-0.39, 0.29) is 23.9 Å². The van der Waals surface area contributed by atoms with Gasteiger partial charge < -0.3 is 20.6 Å². The number of amides is 2. The predicted octanol–water partition coefficient (Wildman–Crippen LogP) is 5.70. The standard InChI is InChI=1S/C36H30N6O2/c1-23(37-33(43)21-25-9-5-3-6-10-25)35-39-29-17-15-27(19-31(29)41-35)13-14-28-16-18-30-32(20-28)42-36(40-30)24(2)38-34(44)22-26-11-7-4-8-12-26/h3-12,15-24H,1-2H3,(H,37,43)(H,38,44)(H,39,41)(H,40,42)/t23-,24?/m0/s1. The van der Waals surface area contributed by atoms with Crippen molar-refractivity contribution in [3.63, 3.8) is 0 Å². The summed E-state index contributed by atoms with van der Waals surface area (Å²) >= 11 is 0. The Balaban J connectivity index is 1.10. The van der Waals surface area contributed by atoms with Crippen molar-refractivity contribution in [1.82, 2.24) is 30.6 Å². The Morgan fingerprint density at radius 1 is 0.636 bits per heavy atom. The van der Waals surface area contributed by atoms with Gasteiger partial charge in [0.1, 0.15) is 11.6 Å². The summed E-state index contributed by atoms with van der Waals surface area (Å²) in [6.07, 6.45) is 3.14. The van der Waals surface area contributed by atoms with Gasteiger partial charge in [0.2, 0.25) is 11.8 Å². The zero-order valence-corrected chi connectivity index (χ0v) is 24.3. The molecule has 0 saturated heterocycles. The molecule has 0 aliphatic rings. The molecule has 2 amide bonds. The van der Waals surface area contributed by atoms with Crippen LogP contribution in [-0.4, -0.2) is 31.8 Å². The van der Waals surface area contributed by atoms with E-state index < -0.39 is 0 Å². The first-order valence-corrected chi connectivity index (χ1v) is 14.3. The largest absolute Gasteiger partial charge is 0.346 e. The average molecular weight is 579 g/mol. The Bertz CT molecular complexity index is 1860. The van der Waals surface area contributed by atoms with Crippen LogP contribution in [-0.2, 0) is 9.59 Å². The van der Waals surface area contributed by atoms with Crippen molar-refractivity contribution in [2.24, 2.45) is 0 Å². The molecule has 0 aliphatic heterocycles. The van der Waals surface area contributed by atoms with E-state index in [9.17, 15) is 9.59 Å². The molecule has 4 aromatic carbocycles. The highest BCUT2D eigenvalue weighted by Crippen LogP contribution is 2.20. The molecule has 44 heavy (non-hydrogen) atoms. The lowest BCUT2D eigenvalue weighted by Crippen LogP contribution is -2.27. The van der Waals surface area contributed by atoms with E-state index in [1.165, 1.54) is 0 Å². The Morgan fingerprint density at radius 2 is 1.05 bits per heavy atom. The summed E-state index contributed by atoms with van der Waals surface area (Å²) in [6.45, 7) is 3.78. The molecular formula is C36H30N6O2. The molecule has 0 saturated carbocycles. The van der Waals surface area contributed by atoms with E-state index in [2.05, 4.69) is 32.4 Å². The van der Waals surface area contributed by atoms with Gasteiger partial charge in [-0.15, -0.1) is 0 Å². The van der Waals surface area contributed by atoms with Crippen molar-refractivity contribution in [3.05, 3.63) is 144 Å². The number of carbonyl (C=O) groups excluding carboxylic acids is 2. The second-order valence-corrected chi connectivity index (χ2v) is 10.5. The number of hydrogen-bond donors (Lipinski definition) is 4. The molecule has 8 nitrogen and oxygen atoms in total. The second-order valence-electron chi connectivity index (χ2n) is 10.5. The van der Waals surface area contributed by atoms with Gasteiger partial charge >= 0.3 is 0 Å². The van der Waals surface area contributed by atoms with Gasteiger partial charge in [-0.25, -0.2) is 9.97 Å². The zero-order valence-electron chi connectivity index (χ0n) is 24.3. The Labute approximate surface area is 255 Å². The third-order valence-electron chi connectivity index (χ3n) is 7.09. The molecule has 0 bridgehead atoms. The number of hydrogen-bond acceptors (Lipinski definition) is 4. The number of H-pyrrole nitrogens is 2. The number of aromatic nitrogens is 4. The van der Waals surface area contributed by atoms with Crippen LogP contribution >= 0.6 is 0 Å². The highest BCUT2D eigenvalue weighted by atomic mass is 16.2. The molecule has 8 heteroatoms. The van der Waals surface area contributed by atoms with Gasteiger partial charge in [0, 0.05) is 11.1 Å². The first kappa shape index (κ1) is 28.4. The summed E-state index contributed by atoms with van der Waals surface area (Å²) in [7, 11) is 0. The van der Waals surface area contributed by atoms with Gasteiger partial charge in [0.15, 0.2) is 0 Å². The number of benzene rings is 4. The van der Waals surface area contributed by atoms with Gasteiger partial charge in [0.05, 0.1) is 47.0 Å². The van der Waals surface area contributed by atoms with E-state index >= 15 is 0 Å². The molecule has 0 aliphatic carbocycles. The van der Waals surface area contributed by atoms with Crippen LogP contribution in [0.25, 0.3) is 22.1 Å². The van der Waals surface area contributed by atoms with Crippen molar-refractivity contribution >= 4 is 33.9 Å². The van der Waals surface area contributed by atoms with Crippen molar-refractivity contribution in [1.29, 1.82) is 0 Å². The van der Waals surface area contributed by atoms with E-state index in [0.717, 1.165) is 44.3 Å². The maximum absolute atomic E-state index is 12.5. The summed E-state index contributed by atoms with van der Waals surface area (Å²) in [4.78, 5) is 40.9. The number of aromatic amines is 2. The minimum Gasteiger partial charge on any atom is -0.346 e. The number of rotatable bonds is 8. The topological polar surface area (TPSA) is 116 Å². The molecule has 6 aromatic rings. The number of fused-ring (bicyclic) bond motifs is 2. The van der Waals surface area contributed by atoms with Crippen LogP contribution in [0.3, 0.4) is 0 Å². The zero-order chi connectivity index (χ0) is 30.5. The minimum absolute atomic E-state index is 0.183. The monoisotopic (exact) mass is 578 g/mol. The molecule has 0 fully saturated rings. The van der Waals surface area contributed by atoms with E-state index in [4.69, 9.17) is 9.97 Å². The highest BCUT2D eigenvalue weighted by Gasteiger charge is 2.16. The molecule has 216 valence electrons. The van der Waals surface area contributed by atoms with Crippen LogP contribution in [0.4, 0.5) is 0 Å². The van der Waals surface area contributed by atoms with Crippen LogP contribution in [0.1, 0.15) is 59.8 Å². The fraction of sp³-hybridized carbons (Fsp3) is 0.111. The second kappa shape index (κ2) is 12.7. The van der Waals surface area contributed by atoms with Crippen molar-refractivity contribution in [3.8, 4) is 11.8 Å².